The van der Waals surface area contributed by atoms with Gasteiger partial charge in [0.1, 0.15) is 5.70 Å². The summed E-state index contributed by atoms with van der Waals surface area (Å²) in [7, 11) is 0. The third-order valence-corrected chi connectivity index (χ3v) is 1.44. The molecule has 0 saturated heterocycles. The lowest BCUT2D eigenvalue weighted by atomic mass is 10.2. The molecule has 0 bridgehead atoms. The van der Waals surface area contributed by atoms with Crippen LogP contribution in [0.4, 0.5) is 0 Å². The first-order chi connectivity index (χ1) is 5.25. The Bertz CT molecular complexity index is 240. The van der Waals surface area contributed by atoms with Crippen molar-refractivity contribution in [2.24, 2.45) is 0 Å². The zero-order valence-electron chi connectivity index (χ0n) is 6.03. The number of nitrogens with zero attached hydrogens (tertiary/aromatic N) is 1. The topological polar surface area (TPSA) is 40.5 Å². The molecule has 0 aliphatic carbocycles. The summed E-state index contributed by atoms with van der Waals surface area (Å²) in [6.45, 7) is 4.09. The Labute approximate surface area is 64.9 Å². The predicted octanol–water partition coefficient (Wildman–Crippen LogP) is 0.970. The minimum absolute atomic E-state index is 0.266. The summed E-state index contributed by atoms with van der Waals surface area (Å²) in [5.41, 5.74) is 0.266. The maximum absolute atomic E-state index is 10.5. The standard InChI is InChI=1S/C8H9NO2/c1-2-9-6-4-3-5-7(9)8(10)11/h2-5H,1,6H2,(H,10,11). The number of carbonyl (C=O) groups is 1. The molecule has 0 saturated carbocycles. The van der Waals surface area contributed by atoms with Gasteiger partial charge in [-0.3, -0.25) is 0 Å². The molecule has 3 heteroatoms. The van der Waals surface area contributed by atoms with Crippen LogP contribution in [0.15, 0.2) is 36.7 Å². The highest BCUT2D eigenvalue weighted by molar-refractivity contribution is 5.86. The average Bonchev–Trinajstić information content (AvgIpc) is 2.04. The van der Waals surface area contributed by atoms with E-state index >= 15 is 0 Å². The molecule has 1 aliphatic rings. The van der Waals surface area contributed by atoms with Crippen LogP contribution in [-0.4, -0.2) is 22.5 Å². The summed E-state index contributed by atoms with van der Waals surface area (Å²) in [6.07, 6.45) is 6.65. The fourth-order valence-electron chi connectivity index (χ4n) is 0.895. The fourth-order valence-corrected chi connectivity index (χ4v) is 0.895. The molecule has 0 spiro atoms. The largest absolute Gasteiger partial charge is 0.477 e. The normalized spacial score (nSPS) is 16.0. The molecule has 0 fully saturated rings. The van der Waals surface area contributed by atoms with Gasteiger partial charge in [0.2, 0.25) is 0 Å². The molecule has 0 aromatic rings. The summed E-state index contributed by atoms with van der Waals surface area (Å²) < 4.78 is 0. The molecule has 3 nitrogen and oxygen atoms in total. The van der Waals surface area contributed by atoms with Crippen LogP contribution in [0.1, 0.15) is 0 Å². The molecule has 1 N–H and O–H groups in total. The van der Waals surface area contributed by atoms with Crippen LogP contribution in [0.3, 0.4) is 0 Å². The van der Waals surface area contributed by atoms with Crippen LogP contribution >= 0.6 is 0 Å². The van der Waals surface area contributed by atoms with E-state index in [4.69, 9.17) is 5.11 Å². The number of aliphatic carboxylic acids is 1. The van der Waals surface area contributed by atoms with Crippen molar-refractivity contribution < 1.29 is 9.90 Å². The average molecular weight is 151 g/mol. The minimum Gasteiger partial charge on any atom is -0.477 e. The zero-order chi connectivity index (χ0) is 8.27. The number of allylic oxidation sites excluding steroid dienone is 2. The molecule has 1 heterocycles. The monoisotopic (exact) mass is 151 g/mol. The van der Waals surface area contributed by atoms with Crippen LogP contribution < -0.4 is 0 Å². The summed E-state index contributed by atoms with van der Waals surface area (Å²) in [4.78, 5) is 12.1. The Morgan fingerprint density at radius 3 is 3.00 bits per heavy atom. The van der Waals surface area contributed by atoms with E-state index in [1.165, 1.54) is 6.20 Å². The zero-order valence-corrected chi connectivity index (χ0v) is 6.03. The van der Waals surface area contributed by atoms with Crippen LogP contribution in [-0.2, 0) is 4.79 Å². The quantitative estimate of drug-likeness (QED) is 0.639. The van der Waals surface area contributed by atoms with Gasteiger partial charge in [-0.05, 0) is 12.3 Å². The van der Waals surface area contributed by atoms with Gasteiger partial charge in [-0.1, -0.05) is 18.7 Å². The van der Waals surface area contributed by atoms with Crippen molar-refractivity contribution >= 4 is 5.97 Å². The molecule has 58 valence electrons. The van der Waals surface area contributed by atoms with Gasteiger partial charge >= 0.3 is 5.97 Å². The predicted molar refractivity (Wildman–Crippen MR) is 41.8 cm³/mol. The smallest absolute Gasteiger partial charge is 0.352 e. The van der Waals surface area contributed by atoms with E-state index < -0.39 is 5.97 Å². The van der Waals surface area contributed by atoms with Gasteiger partial charge in [0.25, 0.3) is 0 Å². The number of hydrogen-bond donors (Lipinski definition) is 1. The van der Waals surface area contributed by atoms with Crippen LogP contribution in [0.5, 0.6) is 0 Å². The molecule has 1 aliphatic heterocycles. The van der Waals surface area contributed by atoms with Crippen LogP contribution in [0.25, 0.3) is 0 Å². The number of hydrogen-bond acceptors (Lipinski definition) is 2. The summed E-state index contributed by atoms with van der Waals surface area (Å²) >= 11 is 0. The highest BCUT2D eigenvalue weighted by Crippen LogP contribution is 2.09. The number of carboxylic acid groups (broad SMARTS) is 1. The van der Waals surface area contributed by atoms with E-state index in [1.54, 1.807) is 17.1 Å². The van der Waals surface area contributed by atoms with Crippen molar-refractivity contribution in [1.82, 2.24) is 4.90 Å². The summed E-state index contributed by atoms with van der Waals surface area (Å²) in [6, 6.07) is 0. The molecule has 0 aromatic heterocycles. The molecule has 0 aromatic carbocycles. The Balaban J connectivity index is 2.86. The summed E-state index contributed by atoms with van der Waals surface area (Å²) in [5, 5.41) is 8.65. The molecular formula is C8H9NO2. The van der Waals surface area contributed by atoms with Gasteiger partial charge in [-0.2, -0.15) is 0 Å². The molecule has 0 atom stereocenters. The third-order valence-electron chi connectivity index (χ3n) is 1.44. The lowest BCUT2D eigenvalue weighted by Crippen LogP contribution is -2.23. The van der Waals surface area contributed by atoms with Gasteiger partial charge in [-0.25, -0.2) is 4.79 Å². The van der Waals surface area contributed by atoms with Gasteiger partial charge in [0.15, 0.2) is 0 Å². The van der Waals surface area contributed by atoms with Crippen molar-refractivity contribution in [2.45, 2.75) is 0 Å². The van der Waals surface area contributed by atoms with Crippen molar-refractivity contribution in [3.05, 3.63) is 36.7 Å². The van der Waals surface area contributed by atoms with E-state index in [0.717, 1.165) is 0 Å². The maximum atomic E-state index is 10.5. The number of rotatable bonds is 2. The van der Waals surface area contributed by atoms with E-state index in [0.29, 0.717) is 6.54 Å². The molecule has 0 radical (unpaired) electrons. The first-order valence-corrected chi connectivity index (χ1v) is 3.25. The van der Waals surface area contributed by atoms with Crippen molar-refractivity contribution in [3.8, 4) is 0 Å². The summed E-state index contributed by atoms with van der Waals surface area (Å²) in [5.74, 6) is -0.922. The SMILES string of the molecule is C=CN1CC=CC=C1C(=O)O. The molecule has 11 heavy (non-hydrogen) atoms. The highest BCUT2D eigenvalue weighted by Gasteiger charge is 2.13. The first kappa shape index (κ1) is 7.60. The Morgan fingerprint density at radius 2 is 2.55 bits per heavy atom. The molecule has 1 rings (SSSR count). The van der Waals surface area contributed by atoms with Gasteiger partial charge in [-0.15, -0.1) is 0 Å². The van der Waals surface area contributed by atoms with Crippen molar-refractivity contribution in [3.63, 3.8) is 0 Å². The second-order valence-electron chi connectivity index (χ2n) is 2.12. The molecular weight excluding hydrogens is 142 g/mol. The lowest BCUT2D eigenvalue weighted by Gasteiger charge is -2.20. The third kappa shape index (κ3) is 1.49. The van der Waals surface area contributed by atoms with Gasteiger partial charge < -0.3 is 10.0 Å². The second-order valence-corrected chi connectivity index (χ2v) is 2.12. The minimum atomic E-state index is -0.922. The van der Waals surface area contributed by atoms with Crippen molar-refractivity contribution in [1.29, 1.82) is 0 Å². The Morgan fingerprint density at radius 1 is 1.82 bits per heavy atom. The second kappa shape index (κ2) is 3.05. The van der Waals surface area contributed by atoms with E-state index in [9.17, 15) is 4.79 Å². The first-order valence-electron chi connectivity index (χ1n) is 3.25. The van der Waals surface area contributed by atoms with E-state index in [-0.39, 0.29) is 5.70 Å². The lowest BCUT2D eigenvalue weighted by molar-refractivity contribution is -0.134. The Hall–Kier alpha value is -1.51. The van der Waals surface area contributed by atoms with Crippen molar-refractivity contribution in [2.75, 3.05) is 6.54 Å². The maximum Gasteiger partial charge on any atom is 0.352 e. The highest BCUT2D eigenvalue weighted by atomic mass is 16.4. The number of carboxylic acids is 1. The van der Waals surface area contributed by atoms with E-state index in [1.807, 2.05) is 6.08 Å². The van der Waals surface area contributed by atoms with E-state index in [2.05, 4.69) is 6.58 Å². The Kier molecular flexibility index (Phi) is 2.11. The molecule has 0 unspecified atom stereocenters. The van der Waals surface area contributed by atoms with Crippen LogP contribution in [0, 0.1) is 0 Å². The molecule has 0 amide bonds. The fraction of sp³-hybridized carbons (Fsp3) is 0.125. The van der Waals surface area contributed by atoms with Crippen LogP contribution in [0.2, 0.25) is 0 Å². The van der Waals surface area contributed by atoms with Gasteiger partial charge in [0, 0.05) is 6.54 Å². The van der Waals surface area contributed by atoms with Gasteiger partial charge in [0.05, 0.1) is 0 Å².